The number of hydrogen-bond donors (Lipinski definition) is 2. The van der Waals surface area contributed by atoms with Gasteiger partial charge in [-0.2, -0.15) is 0 Å². The molecule has 0 aliphatic carbocycles. The minimum Gasteiger partial charge on any atom is -0.494 e. The number of esters is 1. The molecule has 0 spiro atoms. The SMILES string of the molecule is C=C(C)C(=O)OCCCCCCOc1ccc(-c2ccc(OCCCCC(O)CO)cc2)cc1. The number of benzene rings is 2. The number of ether oxygens (including phenoxy) is 3. The van der Waals surface area contributed by atoms with Crippen LogP contribution >= 0.6 is 0 Å². The highest BCUT2D eigenvalue weighted by Crippen LogP contribution is 2.25. The molecule has 2 N–H and O–H groups in total. The summed E-state index contributed by atoms with van der Waals surface area (Å²) in [5.74, 6) is 1.35. The van der Waals surface area contributed by atoms with Gasteiger partial charge in [-0.15, -0.1) is 0 Å². The second kappa shape index (κ2) is 15.9. The molecule has 0 amide bonds. The smallest absolute Gasteiger partial charge is 0.333 e. The third-order valence-electron chi connectivity index (χ3n) is 5.34. The maximum Gasteiger partial charge on any atom is 0.333 e. The van der Waals surface area contributed by atoms with E-state index in [1.165, 1.54) is 0 Å². The largest absolute Gasteiger partial charge is 0.494 e. The zero-order chi connectivity index (χ0) is 24.6. The fourth-order valence-electron chi connectivity index (χ4n) is 3.29. The van der Waals surface area contributed by atoms with Crippen molar-refractivity contribution in [3.8, 4) is 22.6 Å². The van der Waals surface area contributed by atoms with Crippen LogP contribution in [0, 0.1) is 0 Å². The van der Waals surface area contributed by atoms with E-state index >= 15 is 0 Å². The van der Waals surface area contributed by atoms with Crippen LogP contribution in [0.1, 0.15) is 51.9 Å². The Kier molecular flexibility index (Phi) is 12.8. The van der Waals surface area contributed by atoms with Crippen molar-refractivity contribution < 1.29 is 29.2 Å². The average Bonchev–Trinajstić information content (AvgIpc) is 2.85. The number of carbonyl (C=O) groups excluding carboxylic acids is 1. The number of unbranched alkanes of at least 4 members (excludes halogenated alkanes) is 4. The number of rotatable bonds is 17. The highest BCUT2D eigenvalue weighted by Gasteiger charge is 2.04. The van der Waals surface area contributed by atoms with Crippen molar-refractivity contribution in [3.05, 3.63) is 60.7 Å². The summed E-state index contributed by atoms with van der Waals surface area (Å²) in [5.41, 5.74) is 2.66. The number of carbonyl (C=O) groups is 1. The van der Waals surface area contributed by atoms with Crippen LogP contribution in [0.5, 0.6) is 11.5 Å². The molecule has 0 bridgehead atoms. The van der Waals surface area contributed by atoms with Crippen molar-refractivity contribution in [2.24, 2.45) is 0 Å². The summed E-state index contributed by atoms with van der Waals surface area (Å²) in [6.45, 7) is 6.72. The van der Waals surface area contributed by atoms with E-state index in [-0.39, 0.29) is 12.6 Å². The van der Waals surface area contributed by atoms with Crippen molar-refractivity contribution in [3.63, 3.8) is 0 Å². The fourth-order valence-corrected chi connectivity index (χ4v) is 3.29. The van der Waals surface area contributed by atoms with E-state index in [1.807, 2.05) is 48.5 Å². The molecule has 2 aromatic carbocycles. The molecule has 186 valence electrons. The van der Waals surface area contributed by atoms with Gasteiger partial charge in [-0.25, -0.2) is 4.79 Å². The van der Waals surface area contributed by atoms with E-state index in [0.29, 0.717) is 31.8 Å². The van der Waals surface area contributed by atoms with Crippen molar-refractivity contribution in [1.82, 2.24) is 0 Å². The van der Waals surface area contributed by atoms with Crippen LogP contribution in [0.15, 0.2) is 60.7 Å². The zero-order valence-electron chi connectivity index (χ0n) is 20.2. The van der Waals surface area contributed by atoms with E-state index in [1.54, 1.807) is 6.92 Å². The molecule has 2 rings (SSSR count). The highest BCUT2D eigenvalue weighted by atomic mass is 16.5. The first-order chi connectivity index (χ1) is 16.5. The molecule has 1 atom stereocenters. The molecule has 1 unspecified atom stereocenters. The molecular weight excluding hydrogens is 432 g/mol. The van der Waals surface area contributed by atoms with E-state index in [0.717, 1.165) is 61.2 Å². The lowest BCUT2D eigenvalue weighted by Crippen LogP contribution is -2.11. The van der Waals surface area contributed by atoms with E-state index in [2.05, 4.69) is 6.58 Å². The Balaban J connectivity index is 1.61. The van der Waals surface area contributed by atoms with Crippen LogP contribution < -0.4 is 9.47 Å². The second-order valence-electron chi connectivity index (χ2n) is 8.41. The third-order valence-corrected chi connectivity index (χ3v) is 5.34. The normalized spacial score (nSPS) is 11.6. The van der Waals surface area contributed by atoms with E-state index in [9.17, 15) is 9.90 Å². The molecule has 0 radical (unpaired) electrons. The molecule has 6 nitrogen and oxygen atoms in total. The van der Waals surface area contributed by atoms with Crippen LogP contribution in [-0.4, -0.2) is 48.7 Å². The molecule has 0 aliphatic heterocycles. The summed E-state index contributed by atoms with van der Waals surface area (Å²) < 4.78 is 16.7. The van der Waals surface area contributed by atoms with E-state index < -0.39 is 6.10 Å². The number of hydrogen-bond acceptors (Lipinski definition) is 6. The van der Waals surface area contributed by atoms with Gasteiger partial charge in [0.1, 0.15) is 11.5 Å². The molecule has 2 aromatic rings. The van der Waals surface area contributed by atoms with Gasteiger partial charge in [-0.3, -0.25) is 0 Å². The molecule has 0 aliphatic rings. The first kappa shape index (κ1) is 27.4. The van der Waals surface area contributed by atoms with Crippen molar-refractivity contribution >= 4 is 5.97 Å². The number of aliphatic hydroxyl groups excluding tert-OH is 2. The maximum absolute atomic E-state index is 11.3. The van der Waals surface area contributed by atoms with Gasteiger partial charge < -0.3 is 24.4 Å². The van der Waals surface area contributed by atoms with E-state index in [4.69, 9.17) is 19.3 Å². The van der Waals surface area contributed by atoms with Gasteiger partial charge in [0.05, 0.1) is 32.5 Å². The lowest BCUT2D eigenvalue weighted by Gasteiger charge is -2.10. The van der Waals surface area contributed by atoms with Gasteiger partial charge in [0, 0.05) is 5.57 Å². The Hall–Kier alpha value is -2.83. The standard InChI is InChI=1S/C28H38O6/c1-22(2)28(31)34-20-7-4-3-6-18-32-26-14-10-23(11-15-26)24-12-16-27(17-13-24)33-19-8-5-9-25(30)21-29/h10-17,25,29-30H,1,3-9,18-21H2,2H3. The van der Waals surface area contributed by atoms with Crippen LogP contribution in [0.3, 0.4) is 0 Å². The summed E-state index contributed by atoms with van der Waals surface area (Å²) in [5, 5.41) is 18.1. The molecule has 0 fully saturated rings. The zero-order valence-corrected chi connectivity index (χ0v) is 20.2. The van der Waals surface area contributed by atoms with Crippen molar-refractivity contribution in [2.75, 3.05) is 26.4 Å². The topological polar surface area (TPSA) is 85.2 Å². The Morgan fingerprint density at radius 3 is 1.74 bits per heavy atom. The average molecular weight is 471 g/mol. The number of aliphatic hydroxyl groups is 2. The van der Waals surface area contributed by atoms with Gasteiger partial charge in [0.15, 0.2) is 0 Å². The van der Waals surface area contributed by atoms with Gasteiger partial charge >= 0.3 is 5.97 Å². The lowest BCUT2D eigenvalue weighted by atomic mass is 10.1. The summed E-state index contributed by atoms with van der Waals surface area (Å²) in [6.07, 6.45) is 5.46. The Morgan fingerprint density at radius 1 is 0.794 bits per heavy atom. The fraction of sp³-hybridized carbons (Fsp3) is 0.464. The molecule has 0 saturated carbocycles. The molecule has 34 heavy (non-hydrogen) atoms. The molecule has 0 saturated heterocycles. The quantitative estimate of drug-likeness (QED) is 0.185. The maximum atomic E-state index is 11.3. The Morgan fingerprint density at radius 2 is 1.26 bits per heavy atom. The predicted molar refractivity (Wildman–Crippen MR) is 134 cm³/mol. The van der Waals surface area contributed by atoms with Gasteiger partial charge in [0.2, 0.25) is 0 Å². The highest BCUT2D eigenvalue weighted by molar-refractivity contribution is 5.86. The molecule has 0 aromatic heterocycles. The summed E-state index contributed by atoms with van der Waals surface area (Å²) in [6, 6.07) is 16.1. The minimum absolute atomic E-state index is 0.187. The Bertz CT molecular complexity index is 844. The molecule has 6 heteroatoms. The summed E-state index contributed by atoms with van der Waals surface area (Å²) in [7, 11) is 0. The minimum atomic E-state index is -0.632. The lowest BCUT2D eigenvalue weighted by molar-refractivity contribution is -0.139. The van der Waals surface area contributed by atoms with Crippen molar-refractivity contribution in [2.45, 2.75) is 58.0 Å². The first-order valence-electron chi connectivity index (χ1n) is 12.1. The van der Waals surface area contributed by atoms with Gasteiger partial charge in [-0.1, -0.05) is 30.8 Å². The summed E-state index contributed by atoms with van der Waals surface area (Å²) in [4.78, 5) is 11.3. The van der Waals surface area contributed by atoms with Crippen LogP contribution in [-0.2, 0) is 9.53 Å². The van der Waals surface area contributed by atoms with Gasteiger partial charge in [0.25, 0.3) is 0 Å². The first-order valence-corrected chi connectivity index (χ1v) is 12.1. The Labute approximate surface area is 203 Å². The predicted octanol–water partition coefficient (Wildman–Crippen LogP) is 5.31. The monoisotopic (exact) mass is 470 g/mol. The van der Waals surface area contributed by atoms with Crippen LogP contribution in [0.4, 0.5) is 0 Å². The third kappa shape index (κ3) is 10.9. The second-order valence-corrected chi connectivity index (χ2v) is 8.41. The van der Waals surface area contributed by atoms with Gasteiger partial charge in [-0.05, 0) is 87.3 Å². The van der Waals surface area contributed by atoms with Crippen LogP contribution in [0.2, 0.25) is 0 Å². The summed E-state index contributed by atoms with van der Waals surface area (Å²) >= 11 is 0. The molecule has 0 heterocycles. The molecular formula is C28H38O6. The van der Waals surface area contributed by atoms with Crippen molar-refractivity contribution in [1.29, 1.82) is 0 Å². The van der Waals surface area contributed by atoms with Crippen LogP contribution in [0.25, 0.3) is 11.1 Å².